The first-order valence-corrected chi connectivity index (χ1v) is 4.58. The van der Waals surface area contributed by atoms with E-state index in [2.05, 4.69) is 5.32 Å². The Labute approximate surface area is 82.3 Å². The molecular formula is C11H13NO2. The van der Waals surface area contributed by atoms with Gasteiger partial charge in [-0.2, -0.15) is 0 Å². The first-order valence-electron chi connectivity index (χ1n) is 4.58. The van der Waals surface area contributed by atoms with E-state index in [0.29, 0.717) is 6.54 Å². The summed E-state index contributed by atoms with van der Waals surface area (Å²) in [5, 5.41) is 13.4. The van der Waals surface area contributed by atoms with E-state index in [4.69, 9.17) is 4.42 Å². The lowest BCUT2D eigenvalue weighted by Gasteiger charge is -1.94. The van der Waals surface area contributed by atoms with E-state index in [0.717, 1.165) is 22.3 Å². The number of benzene rings is 1. The number of fused-ring (bicyclic) bond motifs is 1. The zero-order chi connectivity index (χ0) is 10.1. The molecule has 0 saturated carbocycles. The number of aryl methyl sites for hydroxylation is 1. The molecule has 0 aliphatic rings. The Balaban J connectivity index is 2.62. The van der Waals surface area contributed by atoms with Crippen molar-refractivity contribution in [2.45, 2.75) is 13.5 Å². The molecule has 3 nitrogen and oxygen atoms in total. The second-order valence-corrected chi connectivity index (χ2v) is 3.36. The minimum atomic E-state index is 0.275. The highest BCUT2D eigenvalue weighted by atomic mass is 16.3. The van der Waals surface area contributed by atoms with E-state index >= 15 is 0 Å². The molecule has 2 aromatic rings. The van der Waals surface area contributed by atoms with Gasteiger partial charge < -0.3 is 14.8 Å². The molecular weight excluding hydrogens is 178 g/mol. The molecule has 0 aliphatic carbocycles. The summed E-state index contributed by atoms with van der Waals surface area (Å²) >= 11 is 0. The Morgan fingerprint density at radius 1 is 1.43 bits per heavy atom. The van der Waals surface area contributed by atoms with Crippen molar-refractivity contribution in [2.24, 2.45) is 0 Å². The molecule has 1 heterocycles. The Hall–Kier alpha value is -1.48. The summed E-state index contributed by atoms with van der Waals surface area (Å²) in [7, 11) is 1.88. The van der Waals surface area contributed by atoms with Crippen LogP contribution in [0.5, 0.6) is 5.75 Å². The topological polar surface area (TPSA) is 45.4 Å². The van der Waals surface area contributed by atoms with Gasteiger partial charge in [-0.05, 0) is 37.7 Å². The van der Waals surface area contributed by atoms with Crippen LogP contribution in [0.1, 0.15) is 11.3 Å². The predicted octanol–water partition coefficient (Wildman–Crippen LogP) is 2.17. The molecule has 3 heteroatoms. The van der Waals surface area contributed by atoms with E-state index in [9.17, 15) is 5.11 Å². The number of hydrogen-bond donors (Lipinski definition) is 2. The van der Waals surface area contributed by atoms with E-state index in [1.54, 1.807) is 18.2 Å². The fourth-order valence-corrected chi connectivity index (χ4v) is 1.59. The Bertz CT molecular complexity index is 460. The van der Waals surface area contributed by atoms with Crippen LogP contribution in [0.3, 0.4) is 0 Å². The van der Waals surface area contributed by atoms with Gasteiger partial charge in [0.1, 0.15) is 17.1 Å². The molecule has 74 valence electrons. The molecule has 0 saturated heterocycles. The minimum absolute atomic E-state index is 0.275. The van der Waals surface area contributed by atoms with Crippen molar-refractivity contribution in [3.05, 3.63) is 29.5 Å². The highest BCUT2D eigenvalue weighted by Gasteiger charge is 2.09. The number of phenols is 1. The highest BCUT2D eigenvalue weighted by molar-refractivity contribution is 5.83. The predicted molar refractivity (Wildman–Crippen MR) is 55.4 cm³/mol. The van der Waals surface area contributed by atoms with Crippen LogP contribution in [0.2, 0.25) is 0 Å². The molecule has 14 heavy (non-hydrogen) atoms. The number of phenolic OH excluding ortho intramolecular Hbond substituents is 1. The van der Waals surface area contributed by atoms with Crippen LogP contribution in [0.15, 0.2) is 22.6 Å². The lowest BCUT2D eigenvalue weighted by atomic mass is 10.1. The first kappa shape index (κ1) is 9.09. The van der Waals surface area contributed by atoms with Gasteiger partial charge in [0.2, 0.25) is 0 Å². The van der Waals surface area contributed by atoms with Crippen LogP contribution in [0.4, 0.5) is 0 Å². The summed E-state index contributed by atoms with van der Waals surface area (Å²) in [4.78, 5) is 0. The molecule has 0 atom stereocenters. The maximum Gasteiger partial charge on any atom is 0.134 e. The summed E-state index contributed by atoms with van der Waals surface area (Å²) in [6, 6.07) is 5.15. The smallest absolute Gasteiger partial charge is 0.134 e. The van der Waals surface area contributed by atoms with Gasteiger partial charge in [-0.3, -0.25) is 0 Å². The Kier molecular flexibility index (Phi) is 2.17. The molecule has 1 aromatic heterocycles. The summed E-state index contributed by atoms with van der Waals surface area (Å²) in [5.74, 6) is 1.20. The van der Waals surface area contributed by atoms with Crippen molar-refractivity contribution in [3.8, 4) is 5.75 Å². The van der Waals surface area contributed by atoms with Crippen molar-refractivity contribution >= 4 is 11.0 Å². The van der Waals surface area contributed by atoms with Crippen molar-refractivity contribution in [1.29, 1.82) is 0 Å². The molecule has 1 aromatic carbocycles. The molecule has 0 unspecified atom stereocenters. The minimum Gasteiger partial charge on any atom is -0.508 e. The summed E-state index contributed by atoms with van der Waals surface area (Å²) < 4.78 is 5.62. The third kappa shape index (κ3) is 1.36. The summed E-state index contributed by atoms with van der Waals surface area (Å²) in [6.07, 6.45) is 0. The standard InChI is InChI=1S/C11H13NO2/c1-7-9-5-8(13)3-4-10(9)14-11(7)6-12-2/h3-5,12-13H,6H2,1-2H3. The number of nitrogens with one attached hydrogen (secondary N) is 1. The molecule has 0 spiro atoms. The van der Waals surface area contributed by atoms with Crippen LogP contribution in [-0.2, 0) is 6.54 Å². The second kappa shape index (κ2) is 3.35. The molecule has 2 N–H and O–H groups in total. The van der Waals surface area contributed by atoms with Crippen LogP contribution < -0.4 is 5.32 Å². The van der Waals surface area contributed by atoms with Gasteiger partial charge in [0.15, 0.2) is 0 Å². The molecule has 2 rings (SSSR count). The quantitative estimate of drug-likeness (QED) is 0.764. The molecule has 0 fully saturated rings. The van der Waals surface area contributed by atoms with Crippen LogP contribution >= 0.6 is 0 Å². The van der Waals surface area contributed by atoms with Gasteiger partial charge in [-0.15, -0.1) is 0 Å². The first-order chi connectivity index (χ1) is 6.72. The fourth-order valence-electron chi connectivity index (χ4n) is 1.59. The zero-order valence-corrected chi connectivity index (χ0v) is 8.29. The second-order valence-electron chi connectivity index (χ2n) is 3.36. The maximum atomic E-state index is 9.34. The maximum absolute atomic E-state index is 9.34. The normalized spacial score (nSPS) is 11.0. The molecule has 0 radical (unpaired) electrons. The van der Waals surface area contributed by atoms with Gasteiger partial charge in [0.25, 0.3) is 0 Å². The highest BCUT2D eigenvalue weighted by Crippen LogP contribution is 2.27. The number of rotatable bonds is 2. The average molecular weight is 191 g/mol. The van der Waals surface area contributed by atoms with Crippen LogP contribution in [0.25, 0.3) is 11.0 Å². The third-order valence-electron chi connectivity index (χ3n) is 2.36. The molecule has 0 aliphatic heterocycles. The summed E-state index contributed by atoms with van der Waals surface area (Å²) in [6.45, 7) is 2.71. The van der Waals surface area contributed by atoms with Crippen molar-refractivity contribution in [1.82, 2.24) is 5.32 Å². The lowest BCUT2D eigenvalue weighted by Crippen LogP contribution is -2.04. The van der Waals surface area contributed by atoms with Gasteiger partial charge >= 0.3 is 0 Å². The fraction of sp³-hybridized carbons (Fsp3) is 0.273. The molecule has 0 amide bonds. The van der Waals surface area contributed by atoms with Crippen LogP contribution in [-0.4, -0.2) is 12.2 Å². The van der Waals surface area contributed by atoms with E-state index in [1.807, 2.05) is 14.0 Å². The Morgan fingerprint density at radius 2 is 2.21 bits per heavy atom. The average Bonchev–Trinajstić information content (AvgIpc) is 2.46. The summed E-state index contributed by atoms with van der Waals surface area (Å²) in [5.41, 5.74) is 1.91. The zero-order valence-electron chi connectivity index (χ0n) is 8.29. The largest absolute Gasteiger partial charge is 0.508 e. The molecule has 0 bridgehead atoms. The van der Waals surface area contributed by atoms with Crippen molar-refractivity contribution in [3.63, 3.8) is 0 Å². The Morgan fingerprint density at radius 3 is 2.93 bits per heavy atom. The number of furan rings is 1. The third-order valence-corrected chi connectivity index (χ3v) is 2.36. The SMILES string of the molecule is CNCc1oc2ccc(O)cc2c1C. The van der Waals surface area contributed by atoms with E-state index in [-0.39, 0.29) is 5.75 Å². The monoisotopic (exact) mass is 191 g/mol. The van der Waals surface area contributed by atoms with Gasteiger partial charge in [0.05, 0.1) is 6.54 Å². The van der Waals surface area contributed by atoms with Crippen molar-refractivity contribution < 1.29 is 9.52 Å². The lowest BCUT2D eigenvalue weighted by molar-refractivity contribution is 0.475. The number of aromatic hydroxyl groups is 1. The van der Waals surface area contributed by atoms with Gasteiger partial charge in [0, 0.05) is 5.39 Å². The van der Waals surface area contributed by atoms with Gasteiger partial charge in [-0.1, -0.05) is 0 Å². The van der Waals surface area contributed by atoms with Crippen LogP contribution in [0, 0.1) is 6.92 Å². The van der Waals surface area contributed by atoms with E-state index in [1.165, 1.54) is 0 Å². The number of hydrogen-bond acceptors (Lipinski definition) is 3. The van der Waals surface area contributed by atoms with Gasteiger partial charge in [-0.25, -0.2) is 0 Å². The van der Waals surface area contributed by atoms with E-state index < -0.39 is 0 Å². The van der Waals surface area contributed by atoms with Crippen molar-refractivity contribution in [2.75, 3.05) is 7.05 Å².